The van der Waals surface area contributed by atoms with Gasteiger partial charge in [0.25, 0.3) is 0 Å². The van der Waals surface area contributed by atoms with Crippen molar-refractivity contribution in [1.82, 2.24) is 9.47 Å². The number of hydrogen-bond donors (Lipinski definition) is 0. The van der Waals surface area contributed by atoms with Gasteiger partial charge in [0.05, 0.1) is 12.6 Å². The number of benzene rings is 1. The van der Waals surface area contributed by atoms with Gasteiger partial charge >= 0.3 is 18.2 Å². The number of halogens is 1. The summed E-state index contributed by atoms with van der Waals surface area (Å²) in [4.78, 5) is 39.3. The van der Waals surface area contributed by atoms with E-state index in [0.717, 1.165) is 7.11 Å². The molecule has 2 amide bonds. The Bertz CT molecular complexity index is 988. The first-order chi connectivity index (χ1) is 14.6. The van der Waals surface area contributed by atoms with Crippen molar-refractivity contribution in [3.63, 3.8) is 0 Å². The Labute approximate surface area is 187 Å². The normalized spacial score (nSPS) is 12.9. The van der Waals surface area contributed by atoms with E-state index in [2.05, 4.69) is 0 Å². The van der Waals surface area contributed by atoms with Crippen LogP contribution in [0.2, 0.25) is 0 Å². The van der Waals surface area contributed by atoms with E-state index < -0.39 is 41.2 Å². The average molecular weight is 451 g/mol. The topological polar surface area (TPSA) is 87.1 Å². The van der Waals surface area contributed by atoms with E-state index in [4.69, 9.17) is 14.2 Å². The number of carbonyl (C=O) groups excluding carboxylic acids is 3. The maximum absolute atomic E-state index is 14.6. The van der Waals surface area contributed by atoms with Crippen molar-refractivity contribution >= 4 is 29.1 Å². The van der Waals surface area contributed by atoms with Gasteiger partial charge in [0.2, 0.25) is 0 Å². The summed E-state index contributed by atoms with van der Waals surface area (Å²) < 4.78 is 31.9. The minimum atomic E-state index is -1.44. The quantitative estimate of drug-likeness (QED) is 0.501. The minimum absolute atomic E-state index is 0.191. The summed E-state index contributed by atoms with van der Waals surface area (Å²) >= 11 is 0. The Morgan fingerprint density at radius 1 is 1.03 bits per heavy atom. The highest BCUT2D eigenvalue weighted by molar-refractivity contribution is 5.95. The molecule has 2 aromatic rings. The number of carbonyl (C=O) groups is 3. The fourth-order valence-corrected chi connectivity index (χ4v) is 3.22. The van der Waals surface area contributed by atoms with E-state index in [9.17, 15) is 18.8 Å². The zero-order valence-corrected chi connectivity index (χ0v) is 19.8. The fourth-order valence-electron chi connectivity index (χ4n) is 3.22. The van der Waals surface area contributed by atoms with Crippen LogP contribution in [0.5, 0.6) is 0 Å². The van der Waals surface area contributed by atoms with Crippen molar-refractivity contribution in [2.24, 2.45) is 7.05 Å². The largest absolute Gasteiger partial charge is 0.467 e. The second-order valence-electron chi connectivity index (χ2n) is 9.47. The molecule has 176 valence electrons. The molecule has 0 aliphatic carbocycles. The standard InChI is InChI=1S/C23H31FN2O6/c1-22(2,3)31-20(28)26(21(29)32-23(4,5)6)17(19(27)30-8)12-14-13-25(7)16-11-9-10-15(24)18(14)16/h9-11,13,17H,12H2,1-8H3. The molecule has 1 heterocycles. The van der Waals surface area contributed by atoms with Crippen LogP contribution in [0.3, 0.4) is 0 Å². The minimum Gasteiger partial charge on any atom is -0.467 e. The van der Waals surface area contributed by atoms with Crippen LogP contribution in [0.4, 0.5) is 14.0 Å². The van der Waals surface area contributed by atoms with Gasteiger partial charge in [-0.1, -0.05) is 6.07 Å². The van der Waals surface area contributed by atoms with Gasteiger partial charge in [0.1, 0.15) is 23.1 Å². The van der Waals surface area contributed by atoms with Crippen molar-refractivity contribution in [2.45, 2.75) is 65.2 Å². The van der Waals surface area contributed by atoms with E-state index in [1.807, 2.05) is 0 Å². The van der Waals surface area contributed by atoms with E-state index in [1.165, 1.54) is 6.07 Å². The van der Waals surface area contributed by atoms with E-state index in [-0.39, 0.29) is 11.8 Å². The maximum atomic E-state index is 14.6. The summed E-state index contributed by atoms with van der Waals surface area (Å²) in [6.07, 6.45) is -0.680. The molecule has 0 spiro atoms. The molecular formula is C23H31FN2O6. The Hall–Kier alpha value is -3.10. The van der Waals surface area contributed by atoms with Crippen LogP contribution >= 0.6 is 0 Å². The zero-order valence-electron chi connectivity index (χ0n) is 19.8. The molecule has 8 nitrogen and oxygen atoms in total. The number of rotatable bonds is 4. The van der Waals surface area contributed by atoms with Crippen LogP contribution in [-0.2, 0) is 32.5 Å². The van der Waals surface area contributed by atoms with Crippen LogP contribution in [-0.4, -0.2) is 52.0 Å². The lowest BCUT2D eigenvalue weighted by atomic mass is 10.0. The summed E-state index contributed by atoms with van der Waals surface area (Å²) in [7, 11) is 2.87. The third-order valence-electron chi connectivity index (χ3n) is 4.42. The second-order valence-corrected chi connectivity index (χ2v) is 9.47. The van der Waals surface area contributed by atoms with Crippen molar-refractivity contribution in [3.05, 3.63) is 35.8 Å². The molecule has 2 rings (SSSR count). The molecule has 0 saturated heterocycles. The van der Waals surface area contributed by atoms with Gasteiger partial charge in [0.15, 0.2) is 0 Å². The van der Waals surface area contributed by atoms with Gasteiger partial charge in [-0.25, -0.2) is 18.8 Å². The fraction of sp³-hybridized carbons (Fsp3) is 0.522. The van der Waals surface area contributed by atoms with Gasteiger partial charge in [-0.05, 0) is 59.2 Å². The SMILES string of the molecule is COC(=O)C(Cc1cn(C)c2cccc(F)c12)N(C(=O)OC(C)(C)C)C(=O)OC(C)(C)C. The number of fused-ring (bicyclic) bond motifs is 1. The molecule has 0 N–H and O–H groups in total. The molecule has 0 radical (unpaired) electrons. The summed E-state index contributed by atoms with van der Waals surface area (Å²) in [6, 6.07) is 3.18. The predicted octanol–water partition coefficient (Wildman–Crippen LogP) is 4.57. The third kappa shape index (κ3) is 5.99. The predicted molar refractivity (Wildman–Crippen MR) is 117 cm³/mol. The van der Waals surface area contributed by atoms with Crippen molar-refractivity contribution in [1.29, 1.82) is 0 Å². The number of aryl methyl sites for hydroxylation is 1. The molecule has 1 aromatic heterocycles. The molecular weight excluding hydrogens is 419 g/mol. The highest BCUT2D eigenvalue weighted by atomic mass is 19.1. The zero-order chi connectivity index (χ0) is 24.4. The highest BCUT2D eigenvalue weighted by Gasteiger charge is 2.41. The number of nitrogens with zero attached hydrogens (tertiary/aromatic N) is 2. The lowest BCUT2D eigenvalue weighted by molar-refractivity contribution is -0.146. The van der Waals surface area contributed by atoms with Crippen LogP contribution in [0.1, 0.15) is 47.1 Å². The number of methoxy groups -OCH3 is 1. The first kappa shape index (κ1) is 25.2. The second kappa shape index (κ2) is 9.18. The average Bonchev–Trinajstić information content (AvgIpc) is 2.94. The number of ether oxygens (including phenoxy) is 3. The highest BCUT2D eigenvalue weighted by Crippen LogP contribution is 2.27. The van der Waals surface area contributed by atoms with Gasteiger partial charge in [-0.3, -0.25) is 0 Å². The summed E-state index contributed by atoms with van der Waals surface area (Å²) in [5.41, 5.74) is -0.856. The van der Waals surface area contributed by atoms with Crippen LogP contribution < -0.4 is 0 Å². The van der Waals surface area contributed by atoms with Gasteiger partial charge in [0, 0.05) is 25.1 Å². The lowest BCUT2D eigenvalue weighted by Gasteiger charge is -2.32. The summed E-state index contributed by atoms with van der Waals surface area (Å²) in [6.45, 7) is 9.78. The van der Waals surface area contributed by atoms with E-state index in [0.29, 0.717) is 16.0 Å². The van der Waals surface area contributed by atoms with Crippen LogP contribution in [0, 0.1) is 5.82 Å². The number of aromatic nitrogens is 1. The molecule has 0 fully saturated rings. The van der Waals surface area contributed by atoms with Gasteiger partial charge < -0.3 is 18.8 Å². The van der Waals surface area contributed by atoms with E-state index in [1.54, 1.807) is 71.5 Å². The first-order valence-electron chi connectivity index (χ1n) is 10.2. The number of hydrogen-bond acceptors (Lipinski definition) is 6. The Morgan fingerprint density at radius 3 is 2.03 bits per heavy atom. The molecule has 1 aromatic carbocycles. The monoisotopic (exact) mass is 450 g/mol. The van der Waals surface area contributed by atoms with Crippen molar-refractivity contribution in [2.75, 3.05) is 7.11 Å². The molecule has 32 heavy (non-hydrogen) atoms. The number of esters is 1. The molecule has 0 saturated carbocycles. The molecule has 0 aliphatic rings. The van der Waals surface area contributed by atoms with Crippen LogP contribution in [0.25, 0.3) is 10.9 Å². The van der Waals surface area contributed by atoms with Gasteiger partial charge in [-0.15, -0.1) is 0 Å². The summed E-state index contributed by atoms with van der Waals surface area (Å²) in [5, 5.41) is 0.289. The van der Waals surface area contributed by atoms with Gasteiger partial charge in [-0.2, -0.15) is 4.90 Å². The first-order valence-corrected chi connectivity index (χ1v) is 10.2. The molecule has 1 unspecified atom stereocenters. The Balaban J connectivity index is 2.58. The Kier molecular flexibility index (Phi) is 7.22. The number of imide groups is 1. The maximum Gasteiger partial charge on any atom is 0.420 e. The smallest absolute Gasteiger partial charge is 0.420 e. The third-order valence-corrected chi connectivity index (χ3v) is 4.42. The van der Waals surface area contributed by atoms with E-state index >= 15 is 0 Å². The van der Waals surface area contributed by atoms with Crippen molar-refractivity contribution in [3.8, 4) is 0 Å². The Morgan fingerprint density at radius 2 is 1.56 bits per heavy atom. The number of amides is 2. The molecule has 0 bridgehead atoms. The molecule has 1 atom stereocenters. The summed E-state index contributed by atoms with van der Waals surface area (Å²) in [5.74, 6) is -1.35. The molecule has 9 heteroatoms. The lowest BCUT2D eigenvalue weighted by Crippen LogP contribution is -2.53. The van der Waals surface area contributed by atoms with Crippen LogP contribution in [0.15, 0.2) is 24.4 Å². The molecule has 0 aliphatic heterocycles. The van der Waals surface area contributed by atoms with Crippen molar-refractivity contribution < 1.29 is 33.0 Å².